The van der Waals surface area contributed by atoms with Crippen LogP contribution in [0.5, 0.6) is 0 Å². The molecule has 1 aliphatic rings. The van der Waals surface area contributed by atoms with E-state index in [0.29, 0.717) is 18.9 Å². The third-order valence-electron chi connectivity index (χ3n) is 2.96. The number of carboxylic acids is 1. The summed E-state index contributed by atoms with van der Waals surface area (Å²) in [6.07, 6.45) is 0.452. The van der Waals surface area contributed by atoms with Crippen molar-refractivity contribution in [3.63, 3.8) is 0 Å². The maximum Gasteiger partial charge on any atom is 0.309 e. The van der Waals surface area contributed by atoms with Crippen molar-refractivity contribution >= 4 is 5.97 Å². The Kier molecular flexibility index (Phi) is 2.40. The zero-order chi connectivity index (χ0) is 11.9. The zero-order valence-electron chi connectivity index (χ0n) is 8.27. The topological polar surface area (TPSA) is 37.3 Å². The minimum absolute atomic E-state index is 0.294. The van der Waals surface area contributed by atoms with Crippen LogP contribution in [0.3, 0.4) is 0 Å². The minimum Gasteiger partial charge on any atom is -0.481 e. The van der Waals surface area contributed by atoms with Gasteiger partial charge >= 0.3 is 5.97 Å². The second-order valence-corrected chi connectivity index (χ2v) is 4.08. The molecule has 2 nitrogen and oxygen atoms in total. The third kappa shape index (κ3) is 1.66. The predicted molar refractivity (Wildman–Crippen MR) is 49.3 cm³/mol. The molecule has 0 radical (unpaired) electrons. The number of halogens is 3. The lowest BCUT2D eigenvalue weighted by molar-refractivity contribution is -0.143. The first-order valence-corrected chi connectivity index (χ1v) is 4.82. The lowest BCUT2D eigenvalue weighted by atomic mass is 9.96. The Morgan fingerprint density at radius 2 is 1.81 bits per heavy atom. The molecule has 16 heavy (non-hydrogen) atoms. The Labute approximate surface area is 89.7 Å². The molecule has 0 atom stereocenters. The maximum absolute atomic E-state index is 13.3. The molecule has 86 valence electrons. The average molecular weight is 230 g/mol. The predicted octanol–water partition coefficient (Wildman–Crippen LogP) is 2.51. The molecule has 0 aromatic heterocycles. The first-order chi connectivity index (χ1) is 7.46. The van der Waals surface area contributed by atoms with Gasteiger partial charge in [0.1, 0.15) is 5.82 Å². The van der Waals surface area contributed by atoms with E-state index in [1.807, 2.05) is 0 Å². The SMILES string of the molecule is O=C(O)C1(Cc2c(F)ccc(F)c2F)CC1. The summed E-state index contributed by atoms with van der Waals surface area (Å²) in [5, 5.41) is 8.88. The van der Waals surface area contributed by atoms with Gasteiger partial charge in [0.15, 0.2) is 11.6 Å². The van der Waals surface area contributed by atoms with Crippen LogP contribution < -0.4 is 0 Å². The summed E-state index contributed by atoms with van der Waals surface area (Å²) in [6, 6.07) is 1.50. The second-order valence-electron chi connectivity index (χ2n) is 4.08. The first-order valence-electron chi connectivity index (χ1n) is 4.82. The Morgan fingerprint density at radius 3 is 2.31 bits per heavy atom. The van der Waals surface area contributed by atoms with Crippen LogP contribution in [-0.4, -0.2) is 11.1 Å². The van der Waals surface area contributed by atoms with E-state index in [0.717, 1.165) is 6.07 Å². The number of aliphatic carboxylic acids is 1. The molecule has 0 spiro atoms. The van der Waals surface area contributed by atoms with Crippen LogP contribution in [-0.2, 0) is 11.2 Å². The molecule has 0 unspecified atom stereocenters. The maximum atomic E-state index is 13.3. The van der Waals surface area contributed by atoms with Crippen molar-refractivity contribution in [1.29, 1.82) is 0 Å². The van der Waals surface area contributed by atoms with Gasteiger partial charge in [-0.1, -0.05) is 0 Å². The highest BCUT2D eigenvalue weighted by Crippen LogP contribution is 2.49. The van der Waals surface area contributed by atoms with E-state index < -0.39 is 34.4 Å². The molecule has 0 aliphatic heterocycles. The fraction of sp³-hybridized carbons (Fsp3) is 0.364. The quantitative estimate of drug-likeness (QED) is 0.810. The minimum atomic E-state index is -1.28. The van der Waals surface area contributed by atoms with Crippen molar-refractivity contribution in [2.45, 2.75) is 19.3 Å². The van der Waals surface area contributed by atoms with Gasteiger partial charge in [0.2, 0.25) is 0 Å². The number of benzene rings is 1. The van der Waals surface area contributed by atoms with Crippen LogP contribution in [0.4, 0.5) is 13.2 Å². The zero-order valence-corrected chi connectivity index (χ0v) is 8.27. The van der Waals surface area contributed by atoms with Crippen molar-refractivity contribution in [3.8, 4) is 0 Å². The molecule has 0 heterocycles. The van der Waals surface area contributed by atoms with Crippen molar-refractivity contribution in [1.82, 2.24) is 0 Å². The summed E-state index contributed by atoms with van der Waals surface area (Å²) in [7, 11) is 0. The van der Waals surface area contributed by atoms with E-state index >= 15 is 0 Å². The lowest BCUT2D eigenvalue weighted by Gasteiger charge is -2.11. The summed E-state index contributed by atoms with van der Waals surface area (Å²) in [4.78, 5) is 10.9. The molecule has 0 amide bonds. The molecule has 0 saturated heterocycles. The smallest absolute Gasteiger partial charge is 0.309 e. The van der Waals surface area contributed by atoms with Crippen LogP contribution in [0.1, 0.15) is 18.4 Å². The molecular formula is C11H9F3O2. The Morgan fingerprint density at radius 1 is 1.25 bits per heavy atom. The Bertz CT molecular complexity index is 453. The van der Waals surface area contributed by atoms with Gasteiger partial charge in [-0.05, 0) is 31.4 Å². The summed E-state index contributed by atoms with van der Waals surface area (Å²) in [5.41, 5.74) is -1.57. The third-order valence-corrected chi connectivity index (χ3v) is 2.96. The Hall–Kier alpha value is -1.52. The van der Waals surface area contributed by atoms with Crippen molar-refractivity contribution in [3.05, 3.63) is 35.1 Å². The molecule has 1 aliphatic carbocycles. The number of hydrogen-bond donors (Lipinski definition) is 1. The van der Waals surface area contributed by atoms with E-state index in [2.05, 4.69) is 0 Å². The number of rotatable bonds is 3. The van der Waals surface area contributed by atoms with E-state index in [1.54, 1.807) is 0 Å². The molecule has 0 bridgehead atoms. The lowest BCUT2D eigenvalue weighted by Crippen LogP contribution is -2.19. The number of carboxylic acid groups (broad SMARTS) is 1. The summed E-state index contributed by atoms with van der Waals surface area (Å²) in [6.45, 7) is 0. The average Bonchev–Trinajstić information content (AvgIpc) is 3.00. The fourth-order valence-electron chi connectivity index (χ4n) is 1.69. The number of hydrogen-bond acceptors (Lipinski definition) is 1. The first kappa shape index (κ1) is 11.0. The van der Waals surface area contributed by atoms with E-state index in [-0.39, 0.29) is 6.42 Å². The molecule has 1 aromatic rings. The van der Waals surface area contributed by atoms with Crippen LogP contribution in [0.15, 0.2) is 12.1 Å². The number of carbonyl (C=O) groups is 1. The van der Waals surface area contributed by atoms with Gasteiger partial charge in [-0.3, -0.25) is 4.79 Å². The van der Waals surface area contributed by atoms with E-state index in [4.69, 9.17) is 5.11 Å². The van der Waals surface area contributed by atoms with Crippen LogP contribution in [0, 0.1) is 22.9 Å². The van der Waals surface area contributed by atoms with Crippen LogP contribution >= 0.6 is 0 Å². The highest BCUT2D eigenvalue weighted by atomic mass is 19.2. The molecule has 1 aromatic carbocycles. The highest BCUT2D eigenvalue weighted by molar-refractivity contribution is 5.78. The molecule has 1 saturated carbocycles. The fourth-order valence-corrected chi connectivity index (χ4v) is 1.69. The van der Waals surface area contributed by atoms with E-state index in [9.17, 15) is 18.0 Å². The molecule has 1 fully saturated rings. The van der Waals surface area contributed by atoms with Gasteiger partial charge in [0.05, 0.1) is 5.41 Å². The van der Waals surface area contributed by atoms with E-state index in [1.165, 1.54) is 0 Å². The summed E-state index contributed by atoms with van der Waals surface area (Å²) < 4.78 is 39.4. The second kappa shape index (κ2) is 3.50. The van der Waals surface area contributed by atoms with Gasteiger partial charge in [0.25, 0.3) is 0 Å². The van der Waals surface area contributed by atoms with Crippen molar-refractivity contribution in [2.75, 3.05) is 0 Å². The van der Waals surface area contributed by atoms with Gasteiger partial charge in [-0.2, -0.15) is 0 Å². The largest absolute Gasteiger partial charge is 0.481 e. The standard InChI is InChI=1S/C11H9F3O2/c12-7-1-2-8(13)9(14)6(7)5-11(3-4-11)10(15)16/h1-2H,3-5H2,(H,15,16). The van der Waals surface area contributed by atoms with Gasteiger partial charge in [-0.25, -0.2) is 13.2 Å². The van der Waals surface area contributed by atoms with Crippen LogP contribution in [0.2, 0.25) is 0 Å². The Balaban J connectivity index is 2.35. The molecule has 2 rings (SSSR count). The van der Waals surface area contributed by atoms with Crippen molar-refractivity contribution < 1.29 is 23.1 Å². The van der Waals surface area contributed by atoms with Gasteiger partial charge in [0, 0.05) is 5.56 Å². The summed E-state index contributed by atoms with van der Waals surface area (Å²) >= 11 is 0. The highest BCUT2D eigenvalue weighted by Gasteiger charge is 2.51. The van der Waals surface area contributed by atoms with Crippen LogP contribution in [0.25, 0.3) is 0 Å². The van der Waals surface area contributed by atoms with Crippen molar-refractivity contribution in [2.24, 2.45) is 5.41 Å². The molecule has 1 N–H and O–H groups in total. The van der Waals surface area contributed by atoms with Gasteiger partial charge < -0.3 is 5.11 Å². The molecule has 5 heteroatoms. The monoisotopic (exact) mass is 230 g/mol. The normalized spacial score (nSPS) is 17.2. The molecular weight excluding hydrogens is 221 g/mol. The summed E-state index contributed by atoms with van der Waals surface area (Å²) in [5.74, 6) is -4.42. The van der Waals surface area contributed by atoms with Gasteiger partial charge in [-0.15, -0.1) is 0 Å².